The highest BCUT2D eigenvalue weighted by atomic mass is 32.1. The SMILES string of the molecule is Cc1nc(CNC(=O)c2cc(F)c(N)c(F)c2)cs1. The van der Waals surface area contributed by atoms with E-state index < -0.39 is 23.2 Å². The van der Waals surface area contributed by atoms with Crippen molar-refractivity contribution in [2.24, 2.45) is 0 Å². The van der Waals surface area contributed by atoms with Crippen LogP contribution in [0.25, 0.3) is 0 Å². The zero-order valence-corrected chi connectivity index (χ0v) is 10.9. The van der Waals surface area contributed by atoms with Gasteiger partial charge in [-0.25, -0.2) is 13.8 Å². The Kier molecular flexibility index (Phi) is 3.75. The quantitative estimate of drug-likeness (QED) is 0.849. The number of thiazole rings is 1. The topological polar surface area (TPSA) is 68.0 Å². The van der Waals surface area contributed by atoms with E-state index in [1.807, 2.05) is 6.92 Å². The van der Waals surface area contributed by atoms with Gasteiger partial charge in [-0.3, -0.25) is 4.79 Å². The molecular formula is C12H11F2N3OS. The molecule has 0 aliphatic carbocycles. The standard InChI is InChI=1S/C12H11F2N3OS/c1-6-17-8(5-19-6)4-16-12(18)7-2-9(13)11(15)10(14)3-7/h2-3,5H,4,15H2,1H3,(H,16,18). The second-order valence-corrected chi connectivity index (χ2v) is 4.96. The van der Waals surface area contributed by atoms with Crippen LogP contribution < -0.4 is 11.1 Å². The Labute approximate surface area is 112 Å². The van der Waals surface area contributed by atoms with Crippen LogP contribution in [-0.4, -0.2) is 10.9 Å². The zero-order valence-electron chi connectivity index (χ0n) is 10.0. The first kappa shape index (κ1) is 13.4. The Morgan fingerprint density at radius 2 is 2.05 bits per heavy atom. The summed E-state index contributed by atoms with van der Waals surface area (Å²) in [5, 5.41) is 5.22. The number of hydrogen-bond acceptors (Lipinski definition) is 4. The van der Waals surface area contributed by atoms with Crippen molar-refractivity contribution in [2.45, 2.75) is 13.5 Å². The van der Waals surface area contributed by atoms with Crippen LogP contribution in [0, 0.1) is 18.6 Å². The van der Waals surface area contributed by atoms with E-state index in [0.29, 0.717) is 5.69 Å². The molecule has 100 valence electrons. The Morgan fingerprint density at radius 1 is 1.42 bits per heavy atom. The average Bonchev–Trinajstić information content (AvgIpc) is 2.78. The summed E-state index contributed by atoms with van der Waals surface area (Å²) in [7, 11) is 0. The van der Waals surface area contributed by atoms with E-state index in [1.165, 1.54) is 11.3 Å². The minimum absolute atomic E-state index is 0.115. The summed E-state index contributed by atoms with van der Waals surface area (Å²) in [5.41, 5.74) is 5.12. The molecule has 0 fully saturated rings. The van der Waals surface area contributed by atoms with Crippen molar-refractivity contribution in [3.63, 3.8) is 0 Å². The van der Waals surface area contributed by atoms with Gasteiger partial charge in [0.2, 0.25) is 0 Å². The van der Waals surface area contributed by atoms with Crippen LogP contribution in [0.15, 0.2) is 17.5 Å². The van der Waals surface area contributed by atoms with Crippen LogP contribution in [0.1, 0.15) is 21.1 Å². The third kappa shape index (κ3) is 3.05. The van der Waals surface area contributed by atoms with Crippen molar-refractivity contribution in [1.29, 1.82) is 0 Å². The van der Waals surface area contributed by atoms with Gasteiger partial charge in [-0.05, 0) is 19.1 Å². The maximum atomic E-state index is 13.2. The van der Waals surface area contributed by atoms with E-state index in [0.717, 1.165) is 17.1 Å². The van der Waals surface area contributed by atoms with E-state index in [2.05, 4.69) is 10.3 Å². The number of nitrogens with zero attached hydrogens (tertiary/aromatic N) is 1. The monoisotopic (exact) mass is 283 g/mol. The number of hydrogen-bond donors (Lipinski definition) is 2. The number of nitrogen functional groups attached to an aromatic ring is 1. The fraction of sp³-hybridized carbons (Fsp3) is 0.167. The number of aromatic nitrogens is 1. The van der Waals surface area contributed by atoms with Gasteiger partial charge in [0.25, 0.3) is 5.91 Å². The molecule has 4 nitrogen and oxygen atoms in total. The molecule has 2 aromatic rings. The summed E-state index contributed by atoms with van der Waals surface area (Å²) in [5.74, 6) is -2.48. The van der Waals surface area contributed by atoms with Crippen molar-refractivity contribution in [1.82, 2.24) is 10.3 Å². The predicted molar refractivity (Wildman–Crippen MR) is 68.8 cm³/mol. The van der Waals surface area contributed by atoms with Gasteiger partial charge in [-0.1, -0.05) is 0 Å². The minimum Gasteiger partial charge on any atom is -0.394 e. The molecule has 0 radical (unpaired) electrons. The van der Waals surface area contributed by atoms with Gasteiger partial charge in [-0.15, -0.1) is 11.3 Å². The van der Waals surface area contributed by atoms with Crippen LogP contribution in [-0.2, 0) is 6.54 Å². The Hall–Kier alpha value is -2.02. The summed E-state index contributed by atoms with van der Waals surface area (Å²) in [6.45, 7) is 2.05. The lowest BCUT2D eigenvalue weighted by Crippen LogP contribution is -2.23. The lowest BCUT2D eigenvalue weighted by molar-refractivity contribution is 0.0949. The van der Waals surface area contributed by atoms with Gasteiger partial charge in [-0.2, -0.15) is 0 Å². The van der Waals surface area contributed by atoms with Crippen LogP contribution in [0.5, 0.6) is 0 Å². The number of aryl methyl sites for hydroxylation is 1. The average molecular weight is 283 g/mol. The molecule has 0 saturated carbocycles. The molecule has 1 aromatic heterocycles. The molecule has 0 aliphatic rings. The second-order valence-electron chi connectivity index (χ2n) is 3.89. The molecule has 1 heterocycles. The van der Waals surface area contributed by atoms with E-state index in [-0.39, 0.29) is 12.1 Å². The molecule has 3 N–H and O–H groups in total. The molecule has 0 spiro atoms. The van der Waals surface area contributed by atoms with Gasteiger partial charge in [0, 0.05) is 10.9 Å². The first-order valence-electron chi connectivity index (χ1n) is 5.41. The van der Waals surface area contributed by atoms with Gasteiger partial charge < -0.3 is 11.1 Å². The number of nitrogens with one attached hydrogen (secondary N) is 1. The molecular weight excluding hydrogens is 272 g/mol. The van der Waals surface area contributed by atoms with Gasteiger partial charge >= 0.3 is 0 Å². The van der Waals surface area contributed by atoms with Gasteiger partial charge in [0.1, 0.15) is 17.3 Å². The maximum Gasteiger partial charge on any atom is 0.251 e. The largest absolute Gasteiger partial charge is 0.394 e. The van der Waals surface area contributed by atoms with Gasteiger partial charge in [0.15, 0.2) is 0 Å². The lowest BCUT2D eigenvalue weighted by atomic mass is 10.1. The minimum atomic E-state index is -0.949. The molecule has 0 atom stereocenters. The van der Waals surface area contributed by atoms with Crippen molar-refractivity contribution in [3.8, 4) is 0 Å². The summed E-state index contributed by atoms with van der Waals surface area (Å²) in [4.78, 5) is 15.9. The van der Waals surface area contributed by atoms with E-state index in [1.54, 1.807) is 5.38 Å². The highest BCUT2D eigenvalue weighted by Crippen LogP contribution is 2.17. The third-order valence-corrected chi connectivity index (χ3v) is 3.26. The Morgan fingerprint density at radius 3 is 2.58 bits per heavy atom. The number of nitrogens with two attached hydrogens (primary N) is 1. The molecule has 19 heavy (non-hydrogen) atoms. The first-order valence-corrected chi connectivity index (χ1v) is 6.29. The fourth-order valence-corrected chi connectivity index (χ4v) is 2.09. The molecule has 0 bridgehead atoms. The lowest BCUT2D eigenvalue weighted by Gasteiger charge is -2.05. The summed E-state index contributed by atoms with van der Waals surface area (Å²) < 4.78 is 26.4. The number of carbonyl (C=O) groups is 1. The number of amides is 1. The van der Waals surface area contributed by atoms with Crippen molar-refractivity contribution >= 4 is 22.9 Å². The van der Waals surface area contributed by atoms with Crippen LogP contribution in [0.4, 0.5) is 14.5 Å². The van der Waals surface area contributed by atoms with Crippen LogP contribution >= 0.6 is 11.3 Å². The van der Waals surface area contributed by atoms with Crippen molar-refractivity contribution < 1.29 is 13.6 Å². The zero-order chi connectivity index (χ0) is 14.0. The summed E-state index contributed by atoms with van der Waals surface area (Å²) in [6.07, 6.45) is 0. The summed E-state index contributed by atoms with van der Waals surface area (Å²) >= 11 is 1.46. The highest BCUT2D eigenvalue weighted by Gasteiger charge is 2.13. The van der Waals surface area contributed by atoms with Gasteiger partial charge in [0.05, 0.1) is 17.2 Å². The number of rotatable bonds is 3. The molecule has 0 saturated heterocycles. The number of anilines is 1. The van der Waals surface area contributed by atoms with E-state index in [4.69, 9.17) is 5.73 Å². The fourth-order valence-electron chi connectivity index (χ4n) is 1.48. The van der Waals surface area contributed by atoms with Crippen molar-refractivity contribution in [2.75, 3.05) is 5.73 Å². The van der Waals surface area contributed by atoms with Crippen molar-refractivity contribution in [3.05, 3.63) is 45.4 Å². The molecule has 7 heteroatoms. The van der Waals surface area contributed by atoms with Crippen LogP contribution in [0.3, 0.4) is 0 Å². The second kappa shape index (κ2) is 5.31. The predicted octanol–water partition coefficient (Wildman–Crippen LogP) is 2.24. The Balaban J connectivity index is 2.08. The molecule has 1 amide bonds. The van der Waals surface area contributed by atoms with Crippen LogP contribution in [0.2, 0.25) is 0 Å². The maximum absolute atomic E-state index is 13.2. The molecule has 0 unspecified atom stereocenters. The number of carbonyl (C=O) groups excluding carboxylic acids is 1. The number of halogens is 2. The smallest absolute Gasteiger partial charge is 0.251 e. The summed E-state index contributed by atoms with van der Waals surface area (Å²) in [6, 6.07) is 1.81. The normalized spacial score (nSPS) is 10.5. The Bertz CT molecular complexity index is 604. The molecule has 0 aliphatic heterocycles. The van der Waals surface area contributed by atoms with E-state index >= 15 is 0 Å². The highest BCUT2D eigenvalue weighted by molar-refractivity contribution is 7.09. The molecule has 1 aromatic carbocycles. The number of benzene rings is 1. The first-order chi connectivity index (χ1) is 8.97. The van der Waals surface area contributed by atoms with E-state index in [9.17, 15) is 13.6 Å². The molecule has 2 rings (SSSR count). The third-order valence-electron chi connectivity index (χ3n) is 2.44.